The number of rotatable bonds is 4. The van der Waals surface area contributed by atoms with Gasteiger partial charge in [0.25, 0.3) is 11.8 Å². The van der Waals surface area contributed by atoms with Crippen LogP contribution >= 0.6 is 0 Å². The molecule has 2 heterocycles. The van der Waals surface area contributed by atoms with Gasteiger partial charge in [0.15, 0.2) is 6.10 Å². The molecular formula is C25H23N3O4. The van der Waals surface area contributed by atoms with Crippen molar-refractivity contribution >= 4 is 34.3 Å². The van der Waals surface area contributed by atoms with E-state index < -0.39 is 18.1 Å². The Labute approximate surface area is 185 Å². The van der Waals surface area contributed by atoms with E-state index in [1.165, 1.54) is 4.90 Å². The number of imide groups is 1. The molecule has 2 aliphatic rings. The largest absolute Gasteiger partial charge is 0.378 e. The van der Waals surface area contributed by atoms with Crippen molar-refractivity contribution in [1.82, 2.24) is 10.2 Å². The van der Waals surface area contributed by atoms with Crippen molar-refractivity contribution in [3.63, 3.8) is 0 Å². The summed E-state index contributed by atoms with van der Waals surface area (Å²) < 4.78 is 0. The summed E-state index contributed by atoms with van der Waals surface area (Å²) in [6.45, 7) is 0.364. The number of aliphatic hydroxyl groups is 1. The Balaban J connectivity index is 1.34. The number of carbonyl (C=O) groups is 3. The third kappa shape index (κ3) is 3.40. The van der Waals surface area contributed by atoms with E-state index in [2.05, 4.69) is 5.32 Å². The standard InChI is InChI=1S/C25H23N3O4/c29-22(17-8-2-1-3-9-17)23(30)26-18-13-14-27-21(15-18)24(31)28(25(27)32)20-12-6-10-16-7-4-5-11-19(16)20/h1-12,18,21-22,29H,13-15H2,(H,26,30)/t18-,21-,22-/m0/s1. The Hall–Kier alpha value is -3.71. The van der Waals surface area contributed by atoms with Gasteiger partial charge in [0.2, 0.25) is 0 Å². The highest BCUT2D eigenvalue weighted by molar-refractivity contribution is 6.24. The molecule has 32 heavy (non-hydrogen) atoms. The molecule has 2 fully saturated rings. The molecule has 5 rings (SSSR count). The number of hydrogen-bond acceptors (Lipinski definition) is 4. The summed E-state index contributed by atoms with van der Waals surface area (Å²) in [5, 5.41) is 15.0. The highest BCUT2D eigenvalue weighted by Crippen LogP contribution is 2.34. The van der Waals surface area contributed by atoms with E-state index in [1.807, 2.05) is 42.5 Å². The summed E-state index contributed by atoms with van der Waals surface area (Å²) in [6.07, 6.45) is -0.437. The molecule has 7 nitrogen and oxygen atoms in total. The van der Waals surface area contributed by atoms with Gasteiger partial charge in [0, 0.05) is 18.0 Å². The van der Waals surface area contributed by atoms with Gasteiger partial charge in [0.05, 0.1) is 5.69 Å². The Morgan fingerprint density at radius 2 is 1.69 bits per heavy atom. The molecule has 0 unspecified atom stereocenters. The predicted octanol–water partition coefficient (Wildman–Crippen LogP) is 2.99. The molecule has 0 spiro atoms. The maximum absolute atomic E-state index is 13.3. The van der Waals surface area contributed by atoms with E-state index in [0.717, 1.165) is 10.8 Å². The van der Waals surface area contributed by atoms with Gasteiger partial charge in [-0.1, -0.05) is 66.7 Å². The second kappa shape index (κ2) is 8.09. The Bertz CT molecular complexity index is 1190. The van der Waals surface area contributed by atoms with E-state index in [1.54, 1.807) is 35.2 Å². The average molecular weight is 429 g/mol. The molecule has 2 aliphatic heterocycles. The van der Waals surface area contributed by atoms with Crippen molar-refractivity contribution < 1.29 is 19.5 Å². The third-order valence-electron chi connectivity index (χ3n) is 6.26. The van der Waals surface area contributed by atoms with E-state index in [4.69, 9.17) is 0 Å². The van der Waals surface area contributed by atoms with Crippen LogP contribution in [0.3, 0.4) is 0 Å². The molecule has 3 atom stereocenters. The number of amides is 4. The van der Waals surface area contributed by atoms with Gasteiger partial charge >= 0.3 is 6.03 Å². The second-order valence-electron chi connectivity index (χ2n) is 8.21. The zero-order valence-electron chi connectivity index (χ0n) is 17.3. The Morgan fingerprint density at radius 3 is 2.50 bits per heavy atom. The fourth-order valence-electron chi connectivity index (χ4n) is 4.62. The van der Waals surface area contributed by atoms with Gasteiger partial charge in [0.1, 0.15) is 6.04 Å². The maximum Gasteiger partial charge on any atom is 0.332 e. The van der Waals surface area contributed by atoms with Crippen molar-refractivity contribution in [3.05, 3.63) is 78.4 Å². The van der Waals surface area contributed by atoms with Crippen molar-refractivity contribution in [1.29, 1.82) is 0 Å². The van der Waals surface area contributed by atoms with Crippen LogP contribution in [-0.4, -0.2) is 46.5 Å². The number of fused-ring (bicyclic) bond motifs is 2. The summed E-state index contributed by atoms with van der Waals surface area (Å²) in [5.74, 6) is -0.786. The number of carbonyl (C=O) groups excluding carboxylic acids is 3. The molecule has 2 saturated heterocycles. The van der Waals surface area contributed by atoms with Gasteiger partial charge in [-0.2, -0.15) is 0 Å². The first-order chi connectivity index (χ1) is 15.5. The van der Waals surface area contributed by atoms with Gasteiger partial charge in [-0.25, -0.2) is 9.69 Å². The van der Waals surface area contributed by atoms with Crippen LogP contribution in [0.25, 0.3) is 10.8 Å². The first kappa shape index (κ1) is 20.2. The van der Waals surface area contributed by atoms with E-state index in [-0.39, 0.29) is 18.0 Å². The number of benzene rings is 3. The lowest BCUT2D eigenvalue weighted by Crippen LogP contribution is -2.50. The summed E-state index contributed by atoms with van der Waals surface area (Å²) in [5.41, 5.74) is 1.09. The SMILES string of the molecule is O=C(N[C@H]1CCN2C(=O)N(c3cccc4ccccc34)C(=O)[C@@H]2C1)[C@@H](O)c1ccccc1. The first-order valence-corrected chi connectivity index (χ1v) is 10.7. The van der Waals surface area contributed by atoms with Gasteiger partial charge < -0.3 is 15.3 Å². The van der Waals surface area contributed by atoms with Crippen molar-refractivity contribution in [2.75, 3.05) is 11.4 Å². The van der Waals surface area contributed by atoms with Gasteiger partial charge in [-0.05, 0) is 29.9 Å². The van der Waals surface area contributed by atoms with Crippen molar-refractivity contribution in [2.24, 2.45) is 0 Å². The maximum atomic E-state index is 13.3. The molecule has 162 valence electrons. The van der Waals surface area contributed by atoms with Crippen molar-refractivity contribution in [2.45, 2.75) is 31.0 Å². The van der Waals surface area contributed by atoms with Crippen LogP contribution < -0.4 is 10.2 Å². The molecule has 3 aromatic carbocycles. The van der Waals surface area contributed by atoms with Crippen LogP contribution in [0.5, 0.6) is 0 Å². The summed E-state index contributed by atoms with van der Waals surface area (Å²) in [7, 11) is 0. The molecule has 7 heteroatoms. The number of anilines is 1. The average Bonchev–Trinajstić information content (AvgIpc) is 3.08. The number of nitrogens with zero attached hydrogens (tertiary/aromatic N) is 2. The number of aliphatic hydroxyl groups excluding tert-OH is 1. The molecule has 0 aliphatic carbocycles. The predicted molar refractivity (Wildman–Crippen MR) is 120 cm³/mol. The molecule has 3 aromatic rings. The van der Waals surface area contributed by atoms with E-state index in [9.17, 15) is 19.5 Å². The zero-order chi connectivity index (χ0) is 22.2. The highest BCUT2D eigenvalue weighted by Gasteiger charge is 2.49. The van der Waals surface area contributed by atoms with Crippen LogP contribution in [0, 0.1) is 0 Å². The molecule has 4 amide bonds. The zero-order valence-corrected chi connectivity index (χ0v) is 17.3. The molecule has 0 radical (unpaired) electrons. The monoisotopic (exact) mass is 429 g/mol. The molecule has 0 bridgehead atoms. The van der Waals surface area contributed by atoms with Crippen LogP contribution in [-0.2, 0) is 9.59 Å². The normalized spacial score (nSPS) is 21.5. The van der Waals surface area contributed by atoms with Crippen LogP contribution in [0.4, 0.5) is 10.5 Å². The number of piperidine rings is 1. The summed E-state index contributed by atoms with van der Waals surface area (Å²) >= 11 is 0. The third-order valence-corrected chi connectivity index (χ3v) is 6.26. The lowest BCUT2D eigenvalue weighted by atomic mass is 9.97. The molecular weight excluding hydrogens is 406 g/mol. The number of urea groups is 1. The number of hydrogen-bond donors (Lipinski definition) is 2. The van der Waals surface area contributed by atoms with E-state index in [0.29, 0.717) is 30.6 Å². The summed E-state index contributed by atoms with van der Waals surface area (Å²) in [4.78, 5) is 41.8. The van der Waals surface area contributed by atoms with Crippen LogP contribution in [0.15, 0.2) is 72.8 Å². The fraction of sp³-hybridized carbons (Fsp3) is 0.240. The minimum absolute atomic E-state index is 0.283. The lowest BCUT2D eigenvalue weighted by Gasteiger charge is -2.33. The smallest absolute Gasteiger partial charge is 0.332 e. The Kier molecular flexibility index (Phi) is 5.11. The Morgan fingerprint density at radius 1 is 0.969 bits per heavy atom. The fourth-order valence-corrected chi connectivity index (χ4v) is 4.62. The summed E-state index contributed by atoms with van der Waals surface area (Å²) in [6, 6.07) is 20.7. The minimum Gasteiger partial charge on any atom is -0.378 e. The topological polar surface area (TPSA) is 90.0 Å². The van der Waals surface area contributed by atoms with Gasteiger partial charge in [-0.15, -0.1) is 0 Å². The first-order valence-electron chi connectivity index (χ1n) is 10.7. The molecule has 2 N–H and O–H groups in total. The minimum atomic E-state index is -1.28. The molecule has 0 aromatic heterocycles. The van der Waals surface area contributed by atoms with E-state index >= 15 is 0 Å². The second-order valence-corrected chi connectivity index (χ2v) is 8.21. The van der Waals surface area contributed by atoms with Crippen LogP contribution in [0.1, 0.15) is 24.5 Å². The van der Waals surface area contributed by atoms with Crippen LogP contribution in [0.2, 0.25) is 0 Å². The lowest BCUT2D eigenvalue weighted by molar-refractivity contribution is -0.131. The molecule has 0 saturated carbocycles. The van der Waals surface area contributed by atoms with Gasteiger partial charge in [-0.3, -0.25) is 9.59 Å². The quantitative estimate of drug-likeness (QED) is 0.624. The number of nitrogens with one attached hydrogen (secondary N) is 1. The van der Waals surface area contributed by atoms with Crippen molar-refractivity contribution in [3.8, 4) is 0 Å². The highest BCUT2D eigenvalue weighted by atomic mass is 16.3.